The molecule has 0 spiro atoms. The molecule has 0 atom stereocenters. The normalized spacial score (nSPS) is 9.81. The number of hydrogen-bond donors (Lipinski definition) is 0. The molecule has 0 aromatic heterocycles. The summed E-state index contributed by atoms with van der Waals surface area (Å²) in [6.07, 6.45) is 0. The minimum atomic E-state index is -0.421. The van der Waals surface area contributed by atoms with Crippen LogP contribution in [0.4, 0.5) is 4.39 Å². The van der Waals surface area contributed by atoms with E-state index in [1.165, 1.54) is 6.07 Å². The summed E-state index contributed by atoms with van der Waals surface area (Å²) in [5, 5.41) is 9.27. The molecule has 0 N–H and O–H groups in total. The predicted molar refractivity (Wildman–Crippen MR) is 61.6 cm³/mol. The van der Waals surface area contributed by atoms with E-state index in [9.17, 15) is 4.39 Å². The van der Waals surface area contributed by atoms with E-state index >= 15 is 0 Å². The fourth-order valence-corrected chi connectivity index (χ4v) is 1.68. The van der Waals surface area contributed by atoms with Crippen molar-refractivity contribution < 1.29 is 4.39 Å². The van der Waals surface area contributed by atoms with Crippen molar-refractivity contribution in [2.45, 2.75) is 0 Å². The summed E-state index contributed by atoms with van der Waals surface area (Å²) in [5.41, 5.74) is 1.42. The van der Waals surface area contributed by atoms with Gasteiger partial charge in [0.25, 0.3) is 0 Å². The first-order valence-electron chi connectivity index (χ1n) is 4.67. The summed E-state index contributed by atoms with van der Waals surface area (Å²) in [6, 6.07) is 13.3. The van der Waals surface area contributed by atoms with Crippen molar-refractivity contribution in [2.24, 2.45) is 0 Å². The summed E-state index contributed by atoms with van der Waals surface area (Å²) in [6.45, 7) is 0. The molecule has 0 aliphatic carbocycles. The maximum Gasteiger partial charge on any atom is 0.132 e. The lowest BCUT2D eigenvalue weighted by Crippen LogP contribution is -1.87. The Bertz CT molecular complexity index is 572. The third-order valence-corrected chi connectivity index (χ3v) is 2.50. The maximum absolute atomic E-state index is 13.7. The third kappa shape index (κ3) is 1.91. The zero-order valence-corrected chi connectivity index (χ0v) is 9.00. The first-order valence-corrected chi connectivity index (χ1v) is 5.04. The molecule has 0 aliphatic heterocycles. The van der Waals surface area contributed by atoms with Gasteiger partial charge < -0.3 is 0 Å². The number of nitriles is 1. The van der Waals surface area contributed by atoms with Gasteiger partial charge in [0, 0.05) is 16.1 Å². The molecular formula is C13H7ClFN. The molecule has 0 bridgehead atoms. The Morgan fingerprint density at radius 1 is 1.06 bits per heavy atom. The van der Waals surface area contributed by atoms with Crippen LogP contribution in [0.3, 0.4) is 0 Å². The van der Waals surface area contributed by atoms with E-state index in [1.807, 2.05) is 6.07 Å². The van der Waals surface area contributed by atoms with Gasteiger partial charge in [-0.3, -0.25) is 0 Å². The molecular weight excluding hydrogens is 225 g/mol. The number of halogens is 2. The molecule has 0 unspecified atom stereocenters. The largest absolute Gasteiger partial charge is 0.206 e. The minimum absolute atomic E-state index is 0.343. The Morgan fingerprint density at radius 3 is 2.50 bits per heavy atom. The van der Waals surface area contributed by atoms with Crippen LogP contribution in [-0.4, -0.2) is 0 Å². The average molecular weight is 232 g/mol. The molecule has 0 saturated heterocycles. The van der Waals surface area contributed by atoms with Gasteiger partial charge in [0.2, 0.25) is 0 Å². The van der Waals surface area contributed by atoms with Gasteiger partial charge in [0.05, 0.1) is 11.6 Å². The van der Waals surface area contributed by atoms with Crippen LogP contribution in [0.25, 0.3) is 11.1 Å². The predicted octanol–water partition coefficient (Wildman–Crippen LogP) is 4.02. The van der Waals surface area contributed by atoms with Crippen LogP contribution in [0.5, 0.6) is 0 Å². The van der Waals surface area contributed by atoms with Crippen LogP contribution in [-0.2, 0) is 0 Å². The molecule has 0 aliphatic rings. The molecule has 0 saturated carbocycles. The summed E-state index contributed by atoms with van der Waals surface area (Å²) < 4.78 is 13.7. The highest BCUT2D eigenvalue weighted by Gasteiger charge is 2.09. The molecule has 3 heteroatoms. The van der Waals surface area contributed by atoms with E-state index in [-0.39, 0.29) is 0 Å². The van der Waals surface area contributed by atoms with Crippen LogP contribution in [0.1, 0.15) is 5.56 Å². The van der Waals surface area contributed by atoms with Crippen LogP contribution in [0.2, 0.25) is 5.02 Å². The van der Waals surface area contributed by atoms with E-state index in [0.717, 1.165) is 0 Å². The van der Waals surface area contributed by atoms with E-state index < -0.39 is 5.82 Å². The van der Waals surface area contributed by atoms with Crippen molar-refractivity contribution in [2.75, 3.05) is 0 Å². The topological polar surface area (TPSA) is 23.8 Å². The van der Waals surface area contributed by atoms with E-state index in [4.69, 9.17) is 16.9 Å². The van der Waals surface area contributed by atoms with Crippen molar-refractivity contribution in [3.8, 4) is 17.2 Å². The zero-order valence-electron chi connectivity index (χ0n) is 8.24. The Balaban J connectivity index is 2.64. The van der Waals surface area contributed by atoms with Crippen LogP contribution in [0.15, 0.2) is 42.5 Å². The Labute approximate surface area is 97.7 Å². The lowest BCUT2D eigenvalue weighted by Gasteiger charge is -2.05. The number of benzene rings is 2. The van der Waals surface area contributed by atoms with Crippen molar-refractivity contribution in [1.29, 1.82) is 5.26 Å². The summed E-state index contributed by atoms with van der Waals surface area (Å²) in [4.78, 5) is 0. The fourth-order valence-electron chi connectivity index (χ4n) is 1.52. The van der Waals surface area contributed by atoms with E-state index in [0.29, 0.717) is 21.7 Å². The molecule has 0 heterocycles. The van der Waals surface area contributed by atoms with Crippen LogP contribution >= 0.6 is 11.6 Å². The van der Waals surface area contributed by atoms with Gasteiger partial charge in [-0.25, -0.2) is 4.39 Å². The summed E-state index contributed by atoms with van der Waals surface area (Å²) >= 11 is 5.67. The highest BCUT2D eigenvalue weighted by Crippen LogP contribution is 2.27. The van der Waals surface area contributed by atoms with Crippen molar-refractivity contribution in [3.63, 3.8) is 0 Å². The van der Waals surface area contributed by atoms with Gasteiger partial charge in [0.15, 0.2) is 0 Å². The number of hydrogen-bond acceptors (Lipinski definition) is 1. The molecule has 16 heavy (non-hydrogen) atoms. The fraction of sp³-hybridized carbons (Fsp3) is 0. The smallest absolute Gasteiger partial charge is 0.132 e. The van der Waals surface area contributed by atoms with Gasteiger partial charge in [-0.1, -0.05) is 29.8 Å². The number of nitrogens with zero attached hydrogens (tertiary/aromatic N) is 1. The summed E-state index contributed by atoms with van der Waals surface area (Å²) in [7, 11) is 0. The Kier molecular flexibility index (Phi) is 2.89. The quantitative estimate of drug-likeness (QED) is 0.727. The highest BCUT2D eigenvalue weighted by molar-refractivity contribution is 6.30. The SMILES string of the molecule is N#Cc1ccccc1-c1ccc(Cl)cc1F. The zero-order chi connectivity index (χ0) is 11.5. The molecule has 2 aromatic carbocycles. The third-order valence-electron chi connectivity index (χ3n) is 2.27. The van der Waals surface area contributed by atoms with Crippen molar-refractivity contribution in [3.05, 3.63) is 58.9 Å². The first-order chi connectivity index (χ1) is 7.72. The molecule has 0 amide bonds. The molecule has 0 fully saturated rings. The van der Waals surface area contributed by atoms with Crippen molar-refractivity contribution in [1.82, 2.24) is 0 Å². The van der Waals surface area contributed by atoms with E-state index in [2.05, 4.69) is 0 Å². The molecule has 2 aromatic rings. The molecule has 1 nitrogen and oxygen atoms in total. The van der Waals surface area contributed by atoms with Gasteiger partial charge >= 0.3 is 0 Å². The standard InChI is InChI=1S/C13H7ClFN/c14-10-5-6-12(13(15)7-10)11-4-2-1-3-9(11)8-16/h1-7H. The lowest BCUT2D eigenvalue weighted by molar-refractivity contribution is 0.631. The monoisotopic (exact) mass is 231 g/mol. The first kappa shape index (κ1) is 10.7. The van der Waals surface area contributed by atoms with Gasteiger partial charge in [0.1, 0.15) is 5.82 Å². The minimum Gasteiger partial charge on any atom is -0.206 e. The molecule has 0 radical (unpaired) electrons. The maximum atomic E-state index is 13.7. The lowest BCUT2D eigenvalue weighted by atomic mass is 10.0. The summed E-state index contributed by atoms with van der Waals surface area (Å²) in [5.74, 6) is -0.421. The molecule has 2 rings (SSSR count). The number of rotatable bonds is 1. The van der Waals surface area contributed by atoms with Gasteiger partial charge in [-0.05, 0) is 24.3 Å². The highest BCUT2D eigenvalue weighted by atomic mass is 35.5. The average Bonchev–Trinajstić information content (AvgIpc) is 2.29. The van der Waals surface area contributed by atoms with Gasteiger partial charge in [-0.15, -0.1) is 0 Å². The second-order valence-corrected chi connectivity index (χ2v) is 3.72. The van der Waals surface area contributed by atoms with Crippen LogP contribution in [0, 0.1) is 17.1 Å². The van der Waals surface area contributed by atoms with E-state index in [1.54, 1.807) is 36.4 Å². The van der Waals surface area contributed by atoms with Crippen LogP contribution < -0.4 is 0 Å². The van der Waals surface area contributed by atoms with Crippen molar-refractivity contribution >= 4 is 11.6 Å². The Hall–Kier alpha value is -1.85. The Morgan fingerprint density at radius 2 is 1.81 bits per heavy atom. The second-order valence-electron chi connectivity index (χ2n) is 3.28. The second kappa shape index (κ2) is 4.34. The van der Waals surface area contributed by atoms with Gasteiger partial charge in [-0.2, -0.15) is 5.26 Å². The molecule has 78 valence electrons.